The molecule has 0 aliphatic carbocycles. The summed E-state index contributed by atoms with van der Waals surface area (Å²) in [4.78, 5) is 0. The van der Waals surface area contributed by atoms with Crippen LogP contribution in [0.4, 0.5) is 4.39 Å². The molecular weight excluding hydrogens is 183 g/mol. The molecule has 0 unspecified atom stereocenters. The molecule has 2 nitrogen and oxygen atoms in total. The molecule has 0 aliphatic rings. The predicted octanol–water partition coefficient (Wildman–Crippen LogP) is 1.98. The number of hydrogen-bond acceptors (Lipinski definition) is 2. The number of rotatable bonds is 2. The molecule has 1 aromatic carbocycles. The van der Waals surface area contributed by atoms with Crippen molar-refractivity contribution >= 4 is 11.6 Å². The second-order valence-corrected chi connectivity index (χ2v) is 2.68. The van der Waals surface area contributed by atoms with Gasteiger partial charge in [-0.2, -0.15) is 0 Å². The Kier molecular flexibility index (Phi) is 2.89. The van der Waals surface area contributed by atoms with Gasteiger partial charge < -0.3 is 9.84 Å². The fourth-order valence-electron chi connectivity index (χ4n) is 0.882. The van der Waals surface area contributed by atoms with Gasteiger partial charge in [0.1, 0.15) is 0 Å². The van der Waals surface area contributed by atoms with Crippen LogP contribution < -0.4 is 4.74 Å². The summed E-state index contributed by atoms with van der Waals surface area (Å²) in [5, 5.41) is 9.05. The van der Waals surface area contributed by atoms with E-state index in [0.29, 0.717) is 5.02 Å². The molecule has 0 atom stereocenters. The Balaban J connectivity index is 3.22. The van der Waals surface area contributed by atoms with Crippen LogP contribution in [0.2, 0.25) is 5.02 Å². The Morgan fingerprint density at radius 2 is 2.25 bits per heavy atom. The minimum atomic E-state index is -0.565. The van der Waals surface area contributed by atoms with E-state index in [1.54, 1.807) is 0 Å². The third-order valence-corrected chi connectivity index (χ3v) is 1.69. The van der Waals surface area contributed by atoms with Crippen molar-refractivity contribution in [2.45, 2.75) is 6.61 Å². The molecule has 0 aromatic heterocycles. The summed E-state index contributed by atoms with van der Waals surface area (Å²) in [7, 11) is 1.34. The van der Waals surface area contributed by atoms with Gasteiger partial charge in [-0.25, -0.2) is 4.39 Å². The van der Waals surface area contributed by atoms with E-state index in [-0.39, 0.29) is 17.9 Å². The second kappa shape index (κ2) is 3.74. The lowest BCUT2D eigenvalue weighted by Gasteiger charge is -2.05. The molecule has 0 saturated carbocycles. The summed E-state index contributed by atoms with van der Waals surface area (Å²) in [6.07, 6.45) is 0. The molecule has 12 heavy (non-hydrogen) atoms. The van der Waals surface area contributed by atoms with E-state index in [0.717, 1.165) is 0 Å². The monoisotopic (exact) mass is 190 g/mol. The lowest BCUT2D eigenvalue weighted by molar-refractivity contribution is 0.272. The molecular formula is C8H8ClFO2. The lowest BCUT2D eigenvalue weighted by atomic mass is 10.2. The van der Waals surface area contributed by atoms with Crippen LogP contribution in [0, 0.1) is 5.82 Å². The molecule has 4 heteroatoms. The van der Waals surface area contributed by atoms with Crippen molar-refractivity contribution in [3.8, 4) is 5.75 Å². The number of aliphatic hydroxyl groups is 1. The molecule has 0 fully saturated rings. The SMILES string of the molecule is COc1cc(Cl)cc(CO)c1F. The Morgan fingerprint density at radius 1 is 1.58 bits per heavy atom. The van der Waals surface area contributed by atoms with Crippen molar-refractivity contribution in [1.82, 2.24) is 0 Å². The molecule has 1 rings (SSSR count). The minimum Gasteiger partial charge on any atom is -0.494 e. The Hall–Kier alpha value is -0.800. The summed E-state index contributed by atoms with van der Waals surface area (Å²) >= 11 is 5.62. The summed E-state index contributed by atoms with van der Waals surface area (Å²) in [5.74, 6) is -0.518. The van der Waals surface area contributed by atoms with Gasteiger partial charge >= 0.3 is 0 Å². The zero-order valence-electron chi connectivity index (χ0n) is 6.47. The van der Waals surface area contributed by atoms with Gasteiger partial charge in [0.05, 0.1) is 13.7 Å². The first kappa shape index (κ1) is 9.29. The maximum Gasteiger partial charge on any atom is 0.170 e. The maximum absolute atomic E-state index is 13.1. The van der Waals surface area contributed by atoms with Gasteiger partial charge in [-0.3, -0.25) is 0 Å². The number of halogens is 2. The van der Waals surface area contributed by atoms with Crippen molar-refractivity contribution in [2.75, 3.05) is 7.11 Å². The smallest absolute Gasteiger partial charge is 0.170 e. The number of hydrogen-bond donors (Lipinski definition) is 1. The first-order valence-corrected chi connectivity index (χ1v) is 3.69. The molecule has 0 heterocycles. The minimum absolute atomic E-state index is 0.0477. The third kappa shape index (κ3) is 1.68. The quantitative estimate of drug-likeness (QED) is 0.773. The average molecular weight is 191 g/mol. The normalized spacial score (nSPS) is 10.0. The molecule has 0 bridgehead atoms. The second-order valence-electron chi connectivity index (χ2n) is 2.24. The van der Waals surface area contributed by atoms with E-state index in [9.17, 15) is 4.39 Å². The third-order valence-electron chi connectivity index (χ3n) is 1.47. The van der Waals surface area contributed by atoms with Crippen LogP contribution in [0.5, 0.6) is 5.75 Å². The zero-order valence-corrected chi connectivity index (χ0v) is 7.23. The van der Waals surface area contributed by atoms with E-state index in [1.165, 1.54) is 19.2 Å². The van der Waals surface area contributed by atoms with Gasteiger partial charge in [-0.15, -0.1) is 0 Å². The summed E-state index contributed by atoms with van der Waals surface area (Å²) in [5.41, 5.74) is 0.138. The standard InChI is InChI=1S/C8H8ClFO2/c1-12-7-3-6(9)2-5(4-11)8(7)10/h2-3,11H,4H2,1H3. The number of ether oxygens (including phenoxy) is 1. The van der Waals surface area contributed by atoms with Gasteiger partial charge in [0.15, 0.2) is 11.6 Å². The highest BCUT2D eigenvalue weighted by atomic mass is 35.5. The van der Waals surface area contributed by atoms with Crippen LogP contribution in [0.3, 0.4) is 0 Å². The number of methoxy groups -OCH3 is 1. The maximum atomic E-state index is 13.1. The van der Waals surface area contributed by atoms with E-state index < -0.39 is 5.82 Å². The number of benzene rings is 1. The van der Waals surface area contributed by atoms with E-state index in [2.05, 4.69) is 0 Å². The van der Waals surface area contributed by atoms with Crippen LogP contribution >= 0.6 is 11.6 Å². The Morgan fingerprint density at radius 3 is 2.75 bits per heavy atom. The van der Waals surface area contributed by atoms with Crippen molar-refractivity contribution in [3.05, 3.63) is 28.5 Å². The highest BCUT2D eigenvalue weighted by molar-refractivity contribution is 6.30. The zero-order chi connectivity index (χ0) is 9.14. The van der Waals surface area contributed by atoms with Crippen molar-refractivity contribution in [3.63, 3.8) is 0 Å². The average Bonchev–Trinajstić information content (AvgIpc) is 2.08. The molecule has 0 saturated heterocycles. The molecule has 1 aromatic rings. The van der Waals surface area contributed by atoms with Crippen molar-refractivity contribution in [1.29, 1.82) is 0 Å². The molecule has 1 N–H and O–H groups in total. The summed E-state index contributed by atoms with van der Waals surface area (Å²) in [6, 6.07) is 2.72. The van der Waals surface area contributed by atoms with Gasteiger partial charge in [0.25, 0.3) is 0 Å². The highest BCUT2D eigenvalue weighted by Gasteiger charge is 2.09. The fourth-order valence-corrected chi connectivity index (χ4v) is 1.11. The largest absolute Gasteiger partial charge is 0.494 e. The summed E-state index contributed by atoms with van der Waals surface area (Å²) < 4.78 is 17.8. The van der Waals surface area contributed by atoms with Gasteiger partial charge in [0.2, 0.25) is 0 Å². The fraction of sp³-hybridized carbons (Fsp3) is 0.250. The molecule has 0 radical (unpaired) electrons. The summed E-state index contributed by atoms with van der Waals surface area (Å²) in [6.45, 7) is -0.386. The Bertz CT molecular complexity index is 263. The predicted molar refractivity (Wildman–Crippen MR) is 43.9 cm³/mol. The van der Waals surface area contributed by atoms with Crippen LogP contribution in [0.1, 0.15) is 5.56 Å². The van der Waals surface area contributed by atoms with Gasteiger partial charge in [0, 0.05) is 16.7 Å². The van der Waals surface area contributed by atoms with E-state index in [1.807, 2.05) is 0 Å². The van der Waals surface area contributed by atoms with Crippen LogP contribution in [0.15, 0.2) is 12.1 Å². The van der Waals surface area contributed by atoms with Gasteiger partial charge in [-0.1, -0.05) is 11.6 Å². The first-order valence-electron chi connectivity index (χ1n) is 3.31. The molecule has 0 amide bonds. The Labute approximate surface area is 74.5 Å². The molecule has 66 valence electrons. The van der Waals surface area contributed by atoms with Crippen LogP contribution in [0.25, 0.3) is 0 Å². The van der Waals surface area contributed by atoms with E-state index in [4.69, 9.17) is 21.4 Å². The molecule has 0 spiro atoms. The lowest BCUT2D eigenvalue weighted by Crippen LogP contribution is -1.94. The number of aliphatic hydroxyl groups excluding tert-OH is 1. The van der Waals surface area contributed by atoms with Crippen molar-refractivity contribution in [2.24, 2.45) is 0 Å². The van der Waals surface area contributed by atoms with Crippen LogP contribution in [-0.4, -0.2) is 12.2 Å². The highest BCUT2D eigenvalue weighted by Crippen LogP contribution is 2.25. The van der Waals surface area contributed by atoms with Gasteiger partial charge in [-0.05, 0) is 6.07 Å². The molecule has 0 aliphatic heterocycles. The topological polar surface area (TPSA) is 29.5 Å². The van der Waals surface area contributed by atoms with Crippen molar-refractivity contribution < 1.29 is 14.2 Å². The van der Waals surface area contributed by atoms with E-state index >= 15 is 0 Å². The first-order chi connectivity index (χ1) is 5.69. The van der Waals surface area contributed by atoms with Crippen LogP contribution in [-0.2, 0) is 6.61 Å².